The molecule has 0 unspecified atom stereocenters. The van der Waals surface area contributed by atoms with E-state index in [1.165, 1.54) is 24.9 Å². The molecule has 0 aromatic heterocycles. The molecule has 0 heterocycles. The molecule has 0 N–H and O–H groups in total. The fourth-order valence-electron chi connectivity index (χ4n) is 2.32. The highest BCUT2D eigenvalue weighted by Gasteiger charge is 2.26. The second-order valence-electron chi connectivity index (χ2n) is 5.31. The Morgan fingerprint density at radius 1 is 1.11 bits per heavy atom. The van der Waals surface area contributed by atoms with Crippen LogP contribution in [0, 0.1) is 5.41 Å². The van der Waals surface area contributed by atoms with Gasteiger partial charge in [-0.3, -0.25) is 0 Å². The van der Waals surface area contributed by atoms with E-state index < -0.39 is 0 Å². The van der Waals surface area contributed by atoms with E-state index in [1.54, 1.807) is 0 Å². The first-order chi connectivity index (χ1) is 8.65. The first kappa shape index (κ1) is 15.7. The Morgan fingerprint density at radius 3 is 2.22 bits per heavy atom. The molecule has 1 aromatic carbocycles. The summed E-state index contributed by atoms with van der Waals surface area (Å²) in [6.07, 6.45) is 3.62. The van der Waals surface area contributed by atoms with E-state index in [4.69, 9.17) is 0 Å². The van der Waals surface area contributed by atoms with Gasteiger partial charge in [0.1, 0.15) is 0 Å². The lowest BCUT2D eigenvalue weighted by Crippen LogP contribution is -2.37. The lowest BCUT2D eigenvalue weighted by atomic mass is 9.84. The molecule has 0 saturated carbocycles. The second kappa shape index (κ2) is 7.96. The molecule has 0 radical (unpaired) electrons. The number of rotatable bonds is 8. The Labute approximate surface area is 121 Å². The van der Waals surface area contributed by atoms with Crippen LogP contribution in [-0.4, -0.2) is 30.4 Å². The van der Waals surface area contributed by atoms with Crippen LogP contribution in [0.3, 0.4) is 0 Å². The van der Waals surface area contributed by atoms with Crippen molar-refractivity contribution in [1.29, 1.82) is 0 Å². The van der Waals surface area contributed by atoms with Crippen LogP contribution in [0.2, 0.25) is 0 Å². The first-order valence-electron chi connectivity index (χ1n) is 6.94. The number of likely N-dealkylation sites (N-methyl/N-ethyl adjacent to an activating group) is 1. The predicted molar refractivity (Wildman–Crippen MR) is 84.5 cm³/mol. The topological polar surface area (TPSA) is 3.24 Å². The molecule has 0 aliphatic heterocycles. The molecule has 0 aliphatic rings. The molecule has 1 rings (SSSR count). The Kier molecular flexibility index (Phi) is 6.95. The maximum atomic E-state index is 3.69. The first-order valence-corrected chi connectivity index (χ1v) is 8.06. The predicted octanol–water partition coefficient (Wildman–Crippen LogP) is 4.36. The van der Waals surface area contributed by atoms with Crippen molar-refractivity contribution >= 4 is 15.9 Å². The van der Waals surface area contributed by atoms with Crippen LogP contribution in [0.1, 0.15) is 32.3 Å². The number of alkyl halides is 1. The maximum Gasteiger partial charge on any atom is 0.01000 e. The van der Waals surface area contributed by atoms with Crippen LogP contribution in [0.25, 0.3) is 0 Å². The van der Waals surface area contributed by atoms with Gasteiger partial charge in [-0.1, -0.05) is 60.1 Å². The highest BCUT2D eigenvalue weighted by Crippen LogP contribution is 2.29. The molecular weight excluding hydrogens is 286 g/mol. The quantitative estimate of drug-likeness (QED) is 0.645. The van der Waals surface area contributed by atoms with Crippen molar-refractivity contribution in [3.8, 4) is 0 Å². The van der Waals surface area contributed by atoms with Gasteiger partial charge in [0.2, 0.25) is 0 Å². The van der Waals surface area contributed by atoms with E-state index >= 15 is 0 Å². The average molecular weight is 312 g/mol. The molecule has 0 bridgehead atoms. The molecule has 1 aromatic rings. The van der Waals surface area contributed by atoms with E-state index in [1.807, 2.05) is 0 Å². The average Bonchev–Trinajstić information content (AvgIpc) is 2.44. The summed E-state index contributed by atoms with van der Waals surface area (Å²) in [5.41, 5.74) is 1.87. The zero-order chi connectivity index (χ0) is 13.4. The summed E-state index contributed by atoms with van der Waals surface area (Å²) in [6.45, 7) is 6.92. The molecular formula is C16H26BrN. The third-order valence-corrected chi connectivity index (χ3v) is 5.20. The highest BCUT2D eigenvalue weighted by atomic mass is 79.9. The summed E-state index contributed by atoms with van der Waals surface area (Å²) in [7, 11) is 2.24. The van der Waals surface area contributed by atoms with E-state index in [0.29, 0.717) is 5.41 Å². The Balaban J connectivity index is 2.43. The molecule has 0 saturated heterocycles. The molecule has 0 aliphatic carbocycles. The summed E-state index contributed by atoms with van der Waals surface area (Å²) in [5, 5.41) is 1.10. The summed E-state index contributed by atoms with van der Waals surface area (Å²) < 4.78 is 0. The van der Waals surface area contributed by atoms with Gasteiger partial charge in [0, 0.05) is 18.4 Å². The van der Waals surface area contributed by atoms with Crippen molar-refractivity contribution in [3.63, 3.8) is 0 Å². The Morgan fingerprint density at radius 2 is 1.72 bits per heavy atom. The zero-order valence-corrected chi connectivity index (χ0v) is 13.5. The number of benzene rings is 1. The lowest BCUT2D eigenvalue weighted by molar-refractivity contribution is 0.187. The van der Waals surface area contributed by atoms with Gasteiger partial charge >= 0.3 is 0 Å². The van der Waals surface area contributed by atoms with E-state index in [-0.39, 0.29) is 0 Å². The van der Waals surface area contributed by atoms with Crippen molar-refractivity contribution < 1.29 is 0 Å². The number of nitrogens with zero attached hydrogens (tertiary/aromatic N) is 1. The van der Waals surface area contributed by atoms with Gasteiger partial charge < -0.3 is 4.90 Å². The molecule has 0 spiro atoms. The second-order valence-corrected chi connectivity index (χ2v) is 5.87. The summed E-state index contributed by atoms with van der Waals surface area (Å²) >= 11 is 3.69. The monoisotopic (exact) mass is 311 g/mol. The number of hydrogen-bond acceptors (Lipinski definition) is 1. The van der Waals surface area contributed by atoms with Crippen molar-refractivity contribution in [2.45, 2.75) is 33.1 Å². The fraction of sp³-hybridized carbons (Fsp3) is 0.625. The minimum atomic E-state index is 0.436. The van der Waals surface area contributed by atoms with Crippen LogP contribution in [0.5, 0.6) is 0 Å². The Bertz CT molecular complexity index is 311. The van der Waals surface area contributed by atoms with Crippen LogP contribution in [-0.2, 0) is 6.42 Å². The smallest absolute Gasteiger partial charge is 0.01000 e. The molecule has 18 heavy (non-hydrogen) atoms. The van der Waals surface area contributed by atoms with Gasteiger partial charge in [-0.25, -0.2) is 0 Å². The van der Waals surface area contributed by atoms with Gasteiger partial charge in [-0.15, -0.1) is 0 Å². The standard InChI is InChI=1S/C16H26BrN/c1-4-16(5-2,13-17)14-18(3)12-11-15-9-7-6-8-10-15/h6-10H,4-5,11-14H2,1-3H3. The molecule has 0 atom stereocenters. The van der Waals surface area contributed by atoms with Gasteiger partial charge in [-0.05, 0) is 37.3 Å². The van der Waals surface area contributed by atoms with Gasteiger partial charge in [0.05, 0.1) is 0 Å². The van der Waals surface area contributed by atoms with Crippen molar-refractivity contribution in [2.75, 3.05) is 25.5 Å². The summed E-state index contributed by atoms with van der Waals surface area (Å²) in [6, 6.07) is 10.8. The maximum absolute atomic E-state index is 3.69. The molecule has 2 heteroatoms. The van der Waals surface area contributed by atoms with E-state index in [0.717, 1.165) is 18.3 Å². The minimum Gasteiger partial charge on any atom is -0.305 e. The normalized spacial score (nSPS) is 12.1. The highest BCUT2D eigenvalue weighted by molar-refractivity contribution is 9.09. The minimum absolute atomic E-state index is 0.436. The molecule has 102 valence electrons. The van der Waals surface area contributed by atoms with E-state index in [9.17, 15) is 0 Å². The number of hydrogen-bond donors (Lipinski definition) is 0. The van der Waals surface area contributed by atoms with Crippen molar-refractivity contribution in [1.82, 2.24) is 4.90 Å². The third kappa shape index (κ3) is 4.74. The molecule has 0 fully saturated rings. The van der Waals surface area contributed by atoms with Crippen LogP contribution < -0.4 is 0 Å². The summed E-state index contributed by atoms with van der Waals surface area (Å²) in [5.74, 6) is 0. The summed E-state index contributed by atoms with van der Waals surface area (Å²) in [4.78, 5) is 2.47. The number of halogens is 1. The van der Waals surface area contributed by atoms with Crippen LogP contribution >= 0.6 is 15.9 Å². The lowest BCUT2D eigenvalue weighted by Gasteiger charge is -2.34. The molecule has 1 nitrogen and oxygen atoms in total. The van der Waals surface area contributed by atoms with Crippen LogP contribution in [0.4, 0.5) is 0 Å². The fourth-order valence-corrected chi connectivity index (χ4v) is 3.29. The van der Waals surface area contributed by atoms with E-state index in [2.05, 4.69) is 72.1 Å². The third-order valence-electron chi connectivity index (χ3n) is 4.01. The van der Waals surface area contributed by atoms with Gasteiger partial charge in [-0.2, -0.15) is 0 Å². The van der Waals surface area contributed by atoms with Crippen LogP contribution in [0.15, 0.2) is 30.3 Å². The largest absolute Gasteiger partial charge is 0.305 e. The van der Waals surface area contributed by atoms with Crippen molar-refractivity contribution in [2.24, 2.45) is 5.41 Å². The zero-order valence-electron chi connectivity index (χ0n) is 12.0. The molecule has 0 amide bonds. The Hall–Kier alpha value is -0.340. The van der Waals surface area contributed by atoms with Gasteiger partial charge in [0.25, 0.3) is 0 Å². The SMILES string of the molecule is CCC(CC)(CBr)CN(C)CCc1ccccc1. The van der Waals surface area contributed by atoms with Crippen molar-refractivity contribution in [3.05, 3.63) is 35.9 Å². The van der Waals surface area contributed by atoms with Gasteiger partial charge in [0.15, 0.2) is 0 Å².